The molecule has 0 aromatic heterocycles. The van der Waals surface area contributed by atoms with E-state index in [4.69, 9.17) is 25.9 Å². The molecule has 2 heterocycles. The molecule has 1 aromatic carbocycles. The Kier molecular flexibility index (Phi) is 9.22. The molecule has 15 heteroatoms. The van der Waals surface area contributed by atoms with Gasteiger partial charge in [-0.3, -0.25) is 9.79 Å². The maximum atomic E-state index is 12.8. The number of ether oxygens (including phenoxy) is 2. The first-order valence-corrected chi connectivity index (χ1v) is 13.9. The summed E-state index contributed by atoms with van der Waals surface area (Å²) >= 11 is 4.93. The zero-order valence-corrected chi connectivity index (χ0v) is 23.7. The van der Waals surface area contributed by atoms with Crippen molar-refractivity contribution in [3.8, 4) is 5.75 Å². The van der Waals surface area contributed by atoms with Crippen LogP contribution in [0.15, 0.2) is 57.0 Å². The lowest BCUT2D eigenvalue weighted by Crippen LogP contribution is -2.68. The van der Waals surface area contributed by atoms with E-state index in [9.17, 15) is 30.0 Å². The third-order valence-corrected chi connectivity index (χ3v) is 8.27. The quantitative estimate of drug-likeness (QED) is 0.136. The highest BCUT2D eigenvalue weighted by Crippen LogP contribution is 2.41. The highest BCUT2D eigenvalue weighted by molar-refractivity contribution is 9.10. The zero-order chi connectivity index (χ0) is 29.2. The van der Waals surface area contributed by atoms with Crippen molar-refractivity contribution in [2.75, 3.05) is 6.61 Å². The fourth-order valence-corrected chi connectivity index (χ4v) is 6.26. The van der Waals surface area contributed by atoms with Crippen molar-refractivity contribution in [2.45, 2.75) is 60.8 Å². The standard InChI is InChI=1S/C25H30BrN5O8S/c1-11(33)29-19-15(31-24(27)28)9-25(23(36)37,39-21(19)20(35)16(34)10-32)38-17-7-6-12(26)8-13(17)22-30-14-4-2-3-5-18(14)40-22/h2-8,14-16,18-21,32,34-35H,9-10H2,1H3,(H,29,33)(H,36,37)(H4,27,28,31)/t14?,15-,16+,18?,19+,20+,21+,25+/m0/s1. The van der Waals surface area contributed by atoms with E-state index in [1.165, 1.54) is 18.7 Å². The molecule has 8 atom stereocenters. The average Bonchev–Trinajstić information content (AvgIpc) is 3.33. The van der Waals surface area contributed by atoms with E-state index in [0.717, 1.165) is 0 Å². The van der Waals surface area contributed by atoms with E-state index in [0.29, 0.717) is 15.1 Å². The van der Waals surface area contributed by atoms with E-state index in [-0.39, 0.29) is 17.0 Å². The second-order valence-electron chi connectivity index (χ2n) is 9.45. The number of benzene rings is 1. The number of carbonyl (C=O) groups is 2. The van der Waals surface area contributed by atoms with Crippen LogP contribution in [0.25, 0.3) is 0 Å². The van der Waals surface area contributed by atoms with E-state index in [1.807, 2.05) is 24.3 Å². The van der Waals surface area contributed by atoms with Gasteiger partial charge in [0.2, 0.25) is 5.91 Å². The number of aliphatic imine (C=N–C) groups is 2. The molecule has 1 amide bonds. The summed E-state index contributed by atoms with van der Waals surface area (Å²) in [6, 6.07) is 2.49. The molecule has 13 nitrogen and oxygen atoms in total. The number of carboxylic acids is 1. The summed E-state index contributed by atoms with van der Waals surface area (Å²) in [5.74, 6) is -4.92. The Morgan fingerprint density at radius 3 is 2.67 bits per heavy atom. The maximum absolute atomic E-state index is 12.8. The predicted molar refractivity (Wildman–Crippen MR) is 151 cm³/mol. The number of nitrogens with one attached hydrogen (secondary N) is 1. The SMILES string of the molecule is CC(=O)N[C@H]1[C@H]([C@H](O)[C@H](O)CO)O[C@@](Oc2ccc(Br)cc2C2=NC3C=CC=CC3S2)(C(=O)O)C[C@@H]1N=C(N)N. The molecule has 2 aliphatic heterocycles. The number of aliphatic hydroxyl groups is 3. The normalized spacial score (nSPS) is 30.5. The molecule has 1 fully saturated rings. The average molecular weight is 641 g/mol. The van der Waals surface area contributed by atoms with Gasteiger partial charge in [0.25, 0.3) is 0 Å². The first-order chi connectivity index (χ1) is 18.9. The molecule has 40 heavy (non-hydrogen) atoms. The van der Waals surface area contributed by atoms with Crippen molar-refractivity contribution in [3.05, 3.63) is 52.5 Å². The third kappa shape index (κ3) is 6.34. The molecule has 1 aliphatic carbocycles. The van der Waals surface area contributed by atoms with Gasteiger partial charge in [-0.05, 0) is 18.2 Å². The number of nitrogens with zero attached hydrogens (tertiary/aromatic N) is 2. The summed E-state index contributed by atoms with van der Waals surface area (Å²) < 4.78 is 12.7. The summed E-state index contributed by atoms with van der Waals surface area (Å²) in [6.45, 7) is 0.324. The molecule has 1 saturated heterocycles. The molecule has 3 aliphatic rings. The van der Waals surface area contributed by atoms with Crippen molar-refractivity contribution < 1.29 is 39.5 Å². The summed E-state index contributed by atoms with van der Waals surface area (Å²) in [5, 5.41) is 44.2. The smallest absolute Gasteiger partial charge is 0.377 e. The van der Waals surface area contributed by atoms with Crippen molar-refractivity contribution in [1.29, 1.82) is 0 Å². The Bertz CT molecular complexity index is 1270. The van der Waals surface area contributed by atoms with Gasteiger partial charge < -0.3 is 46.7 Å². The van der Waals surface area contributed by atoms with Crippen molar-refractivity contribution in [3.63, 3.8) is 0 Å². The van der Waals surface area contributed by atoms with Gasteiger partial charge in [-0.25, -0.2) is 9.79 Å². The van der Waals surface area contributed by atoms with Crippen LogP contribution in [0.5, 0.6) is 5.75 Å². The molecule has 216 valence electrons. The third-order valence-electron chi connectivity index (χ3n) is 6.52. The summed E-state index contributed by atoms with van der Waals surface area (Å²) in [4.78, 5) is 33.7. The number of hydrogen-bond acceptors (Lipinski definition) is 10. The molecular weight excluding hydrogens is 610 g/mol. The molecule has 0 saturated carbocycles. The van der Waals surface area contributed by atoms with E-state index >= 15 is 0 Å². The number of halogens is 1. The highest BCUT2D eigenvalue weighted by Gasteiger charge is 2.57. The Morgan fingerprint density at radius 2 is 2.05 bits per heavy atom. The van der Waals surface area contributed by atoms with Crippen molar-refractivity contribution in [2.24, 2.45) is 21.5 Å². The summed E-state index contributed by atoms with van der Waals surface area (Å²) in [7, 11) is 0. The van der Waals surface area contributed by atoms with Crippen LogP contribution in [0.2, 0.25) is 0 Å². The Labute approximate surface area is 242 Å². The minimum atomic E-state index is -2.49. The first-order valence-electron chi connectivity index (χ1n) is 12.3. The lowest BCUT2D eigenvalue weighted by Gasteiger charge is -2.47. The maximum Gasteiger partial charge on any atom is 0.377 e. The van der Waals surface area contributed by atoms with Gasteiger partial charge in [0.15, 0.2) is 5.96 Å². The van der Waals surface area contributed by atoms with Crippen LogP contribution in [0, 0.1) is 0 Å². The topological polar surface area (TPSA) is 222 Å². The molecule has 9 N–H and O–H groups in total. The Balaban J connectivity index is 1.78. The van der Waals surface area contributed by atoms with Crippen LogP contribution < -0.4 is 21.5 Å². The number of rotatable bonds is 9. The Morgan fingerprint density at radius 1 is 1.32 bits per heavy atom. The van der Waals surface area contributed by atoms with E-state index in [2.05, 4.69) is 26.2 Å². The number of hydrogen-bond donors (Lipinski definition) is 7. The van der Waals surface area contributed by atoms with Crippen LogP contribution in [0.4, 0.5) is 0 Å². The molecule has 0 radical (unpaired) electrons. The number of carbonyl (C=O) groups excluding carboxylic acids is 1. The first kappa shape index (κ1) is 30.0. The molecular formula is C25H30BrN5O8S. The molecule has 0 spiro atoms. The summed E-state index contributed by atoms with van der Waals surface area (Å²) in [5.41, 5.74) is 11.7. The minimum absolute atomic E-state index is 0.0651. The second kappa shape index (κ2) is 12.3. The number of aliphatic hydroxyl groups excluding tert-OH is 3. The van der Waals surface area contributed by atoms with Crippen LogP contribution >= 0.6 is 27.7 Å². The number of aliphatic carboxylic acids is 1. The van der Waals surface area contributed by atoms with Gasteiger partial charge in [0.1, 0.15) is 29.1 Å². The van der Waals surface area contributed by atoms with Gasteiger partial charge in [-0.15, -0.1) is 0 Å². The highest BCUT2D eigenvalue weighted by atomic mass is 79.9. The lowest BCUT2D eigenvalue weighted by molar-refractivity contribution is -0.271. The summed E-state index contributed by atoms with van der Waals surface area (Å²) in [6.07, 6.45) is 2.12. The predicted octanol–water partition coefficient (Wildman–Crippen LogP) is -0.385. The van der Waals surface area contributed by atoms with Crippen molar-refractivity contribution in [1.82, 2.24) is 5.32 Å². The molecule has 1 aromatic rings. The molecule has 4 rings (SSSR count). The molecule has 0 bridgehead atoms. The fourth-order valence-electron chi connectivity index (χ4n) is 4.71. The van der Waals surface area contributed by atoms with E-state index < -0.39 is 67.0 Å². The van der Waals surface area contributed by atoms with Gasteiger partial charge in [-0.1, -0.05) is 52.0 Å². The zero-order valence-electron chi connectivity index (χ0n) is 21.3. The largest absolute Gasteiger partial charge is 0.476 e. The van der Waals surface area contributed by atoms with Gasteiger partial charge in [0.05, 0.1) is 30.0 Å². The van der Waals surface area contributed by atoms with Crippen LogP contribution in [-0.4, -0.2) is 97.4 Å². The van der Waals surface area contributed by atoms with Crippen LogP contribution in [0.1, 0.15) is 18.9 Å². The number of carboxylic acid groups (broad SMARTS) is 1. The monoisotopic (exact) mass is 639 g/mol. The van der Waals surface area contributed by atoms with Crippen LogP contribution in [-0.2, 0) is 14.3 Å². The van der Waals surface area contributed by atoms with Crippen LogP contribution in [0.3, 0.4) is 0 Å². The van der Waals surface area contributed by atoms with Gasteiger partial charge >= 0.3 is 11.8 Å². The number of thioether (sulfide) groups is 1. The number of guanidine groups is 1. The number of nitrogens with two attached hydrogens (primary N) is 2. The van der Waals surface area contributed by atoms with E-state index in [1.54, 1.807) is 18.2 Å². The number of fused-ring (bicyclic) bond motifs is 1. The second-order valence-corrected chi connectivity index (χ2v) is 11.5. The van der Waals surface area contributed by atoms with Crippen molar-refractivity contribution >= 4 is 50.6 Å². The minimum Gasteiger partial charge on any atom is -0.476 e. The Hall–Kier alpha value is -2.95. The number of allylic oxidation sites excluding steroid dienone is 2. The van der Waals surface area contributed by atoms with Gasteiger partial charge in [0, 0.05) is 23.4 Å². The van der Waals surface area contributed by atoms with Gasteiger partial charge in [-0.2, -0.15) is 0 Å². The lowest BCUT2D eigenvalue weighted by atomic mass is 9.87. The molecule has 2 unspecified atom stereocenters. The fraction of sp³-hybridized carbons (Fsp3) is 0.440. The number of amides is 1.